The van der Waals surface area contributed by atoms with Crippen LogP contribution in [-0.4, -0.2) is 16.3 Å². The van der Waals surface area contributed by atoms with Crippen LogP contribution in [0.4, 0.5) is 5.69 Å². The Labute approximate surface area is 124 Å². The first kappa shape index (κ1) is 13.4. The number of nitrogens with zero attached hydrogens (tertiary/aromatic N) is 1. The minimum absolute atomic E-state index is 0.157. The number of aromatic amines is 1. The van der Waals surface area contributed by atoms with E-state index in [4.69, 9.17) is 0 Å². The molecule has 2 aromatic carbocycles. The first-order valence-electron chi connectivity index (χ1n) is 6.97. The molecule has 0 fully saturated rings. The van der Waals surface area contributed by atoms with Crippen LogP contribution in [0.5, 0.6) is 5.88 Å². The summed E-state index contributed by atoms with van der Waals surface area (Å²) in [4.78, 5) is 7.50. The maximum absolute atomic E-state index is 10.1. The monoisotopic (exact) mass is 278 g/mol. The summed E-state index contributed by atoms with van der Waals surface area (Å²) in [6.07, 6.45) is 1.73. The molecule has 0 saturated carbocycles. The Balaban J connectivity index is 2.06. The van der Waals surface area contributed by atoms with Crippen molar-refractivity contribution >= 4 is 22.8 Å². The lowest BCUT2D eigenvalue weighted by Gasteiger charge is -2.01. The van der Waals surface area contributed by atoms with Crippen molar-refractivity contribution in [2.24, 2.45) is 4.99 Å². The molecule has 106 valence electrons. The van der Waals surface area contributed by atoms with E-state index in [0.717, 1.165) is 33.3 Å². The number of nitrogens with one attached hydrogen (secondary N) is 1. The van der Waals surface area contributed by atoms with E-state index < -0.39 is 0 Å². The number of aliphatic imine (C=N–C) groups is 1. The summed E-state index contributed by atoms with van der Waals surface area (Å²) in [5.74, 6) is 0.157. The Morgan fingerprint density at radius 2 is 1.71 bits per heavy atom. The zero-order valence-corrected chi connectivity index (χ0v) is 12.4. The number of H-pyrrole nitrogens is 1. The second-order valence-electron chi connectivity index (χ2n) is 5.48. The number of aromatic nitrogens is 1. The highest BCUT2D eigenvalue weighted by molar-refractivity contribution is 6.02. The van der Waals surface area contributed by atoms with Gasteiger partial charge in [0.1, 0.15) is 0 Å². The molecule has 0 atom stereocenters. The van der Waals surface area contributed by atoms with Crippen molar-refractivity contribution in [3.05, 3.63) is 58.7 Å². The molecule has 0 unspecified atom stereocenters. The average Bonchev–Trinajstić information content (AvgIpc) is 2.73. The van der Waals surface area contributed by atoms with Crippen molar-refractivity contribution in [2.45, 2.75) is 20.8 Å². The molecule has 1 heterocycles. The van der Waals surface area contributed by atoms with Crippen LogP contribution in [0.25, 0.3) is 10.9 Å². The van der Waals surface area contributed by atoms with Crippen molar-refractivity contribution in [1.29, 1.82) is 0 Å². The number of aromatic hydroxyl groups is 1. The number of benzene rings is 2. The summed E-state index contributed by atoms with van der Waals surface area (Å²) >= 11 is 0. The molecule has 2 N–H and O–H groups in total. The van der Waals surface area contributed by atoms with E-state index in [9.17, 15) is 5.11 Å². The van der Waals surface area contributed by atoms with Gasteiger partial charge in [0.25, 0.3) is 0 Å². The number of hydrogen-bond donors (Lipinski definition) is 2. The highest BCUT2D eigenvalue weighted by Gasteiger charge is 2.08. The molecule has 21 heavy (non-hydrogen) atoms. The lowest BCUT2D eigenvalue weighted by molar-refractivity contribution is 0.457. The van der Waals surface area contributed by atoms with Gasteiger partial charge in [0.15, 0.2) is 5.88 Å². The molecule has 0 amide bonds. The molecule has 0 radical (unpaired) electrons. The normalized spacial score (nSPS) is 11.6. The zero-order chi connectivity index (χ0) is 15.0. The molecule has 3 aromatic rings. The van der Waals surface area contributed by atoms with Gasteiger partial charge in [0, 0.05) is 17.1 Å². The molecular weight excluding hydrogens is 260 g/mol. The van der Waals surface area contributed by atoms with Gasteiger partial charge in [-0.2, -0.15) is 0 Å². The number of hydrogen-bond acceptors (Lipinski definition) is 2. The molecule has 0 aliphatic heterocycles. The van der Waals surface area contributed by atoms with E-state index in [1.807, 2.05) is 38.1 Å². The van der Waals surface area contributed by atoms with Gasteiger partial charge in [-0.3, -0.25) is 4.99 Å². The van der Waals surface area contributed by atoms with Crippen LogP contribution in [0.2, 0.25) is 0 Å². The van der Waals surface area contributed by atoms with E-state index >= 15 is 0 Å². The smallest absolute Gasteiger partial charge is 0.198 e. The maximum Gasteiger partial charge on any atom is 0.198 e. The fraction of sp³-hybridized carbons (Fsp3) is 0.167. The minimum Gasteiger partial charge on any atom is -0.494 e. The van der Waals surface area contributed by atoms with Gasteiger partial charge in [0.05, 0.1) is 11.3 Å². The van der Waals surface area contributed by atoms with Crippen LogP contribution in [-0.2, 0) is 0 Å². The Morgan fingerprint density at radius 3 is 2.48 bits per heavy atom. The lowest BCUT2D eigenvalue weighted by Crippen LogP contribution is -1.82. The van der Waals surface area contributed by atoms with Gasteiger partial charge in [-0.25, -0.2) is 0 Å². The summed E-state index contributed by atoms with van der Waals surface area (Å²) < 4.78 is 0. The molecule has 3 rings (SSSR count). The first-order chi connectivity index (χ1) is 10.0. The van der Waals surface area contributed by atoms with Crippen LogP contribution in [0, 0.1) is 20.8 Å². The summed E-state index contributed by atoms with van der Waals surface area (Å²) in [6, 6.07) is 12.2. The quantitative estimate of drug-likeness (QED) is 0.664. The van der Waals surface area contributed by atoms with Crippen molar-refractivity contribution < 1.29 is 5.11 Å². The Kier molecular flexibility index (Phi) is 3.26. The highest BCUT2D eigenvalue weighted by Crippen LogP contribution is 2.27. The Bertz CT molecular complexity index is 844. The summed E-state index contributed by atoms with van der Waals surface area (Å²) in [5, 5.41) is 11.1. The topological polar surface area (TPSA) is 48.4 Å². The van der Waals surface area contributed by atoms with E-state index in [1.54, 1.807) is 6.21 Å². The van der Waals surface area contributed by atoms with E-state index in [1.165, 1.54) is 5.56 Å². The van der Waals surface area contributed by atoms with Crippen LogP contribution in [0.15, 0.2) is 41.4 Å². The molecule has 0 saturated heterocycles. The number of fused-ring (bicyclic) bond motifs is 1. The van der Waals surface area contributed by atoms with Gasteiger partial charge in [0.2, 0.25) is 0 Å². The number of rotatable bonds is 2. The van der Waals surface area contributed by atoms with E-state index in [0.29, 0.717) is 0 Å². The van der Waals surface area contributed by atoms with Crippen molar-refractivity contribution in [3.8, 4) is 5.88 Å². The second-order valence-corrected chi connectivity index (χ2v) is 5.48. The predicted octanol–water partition coefficient (Wildman–Crippen LogP) is 4.55. The van der Waals surface area contributed by atoms with Crippen molar-refractivity contribution in [2.75, 3.05) is 0 Å². The fourth-order valence-corrected chi connectivity index (χ4v) is 2.53. The molecule has 1 aromatic heterocycles. The maximum atomic E-state index is 10.1. The lowest BCUT2D eigenvalue weighted by atomic mass is 10.1. The molecule has 3 nitrogen and oxygen atoms in total. The van der Waals surface area contributed by atoms with E-state index in [2.05, 4.69) is 29.0 Å². The molecule has 3 heteroatoms. The number of aryl methyl sites for hydroxylation is 3. The standard InChI is InChI=1S/C18H18N2O/c1-11-4-6-16(13(3)8-11)19-10-15-14-9-12(2)5-7-17(14)20-18(15)21/h4-10,20-21H,1-3H3. The molecule has 0 aliphatic rings. The van der Waals surface area contributed by atoms with Crippen molar-refractivity contribution in [3.63, 3.8) is 0 Å². The third-order valence-corrected chi connectivity index (χ3v) is 3.66. The fourth-order valence-electron chi connectivity index (χ4n) is 2.53. The summed E-state index contributed by atoms with van der Waals surface area (Å²) in [6.45, 7) is 6.14. The predicted molar refractivity (Wildman–Crippen MR) is 87.9 cm³/mol. The Hall–Kier alpha value is -2.55. The molecule has 0 aliphatic carbocycles. The van der Waals surface area contributed by atoms with Crippen LogP contribution < -0.4 is 0 Å². The highest BCUT2D eigenvalue weighted by atomic mass is 16.3. The molecular formula is C18H18N2O. The second kappa shape index (κ2) is 5.09. The Morgan fingerprint density at radius 1 is 1.00 bits per heavy atom. The van der Waals surface area contributed by atoms with Gasteiger partial charge >= 0.3 is 0 Å². The first-order valence-corrected chi connectivity index (χ1v) is 6.97. The molecule has 0 spiro atoms. The SMILES string of the molecule is Cc1ccc(N=Cc2c(O)[nH]c3ccc(C)cc23)c(C)c1. The molecule has 0 bridgehead atoms. The van der Waals surface area contributed by atoms with Crippen LogP contribution in [0.3, 0.4) is 0 Å². The third kappa shape index (κ3) is 2.55. The summed E-state index contributed by atoms with van der Waals surface area (Å²) in [7, 11) is 0. The van der Waals surface area contributed by atoms with Gasteiger partial charge < -0.3 is 10.1 Å². The van der Waals surface area contributed by atoms with Gasteiger partial charge in [-0.1, -0.05) is 29.3 Å². The zero-order valence-electron chi connectivity index (χ0n) is 12.4. The third-order valence-electron chi connectivity index (χ3n) is 3.66. The van der Waals surface area contributed by atoms with E-state index in [-0.39, 0.29) is 5.88 Å². The van der Waals surface area contributed by atoms with Gasteiger partial charge in [-0.05, 0) is 44.5 Å². The van der Waals surface area contributed by atoms with Crippen LogP contribution >= 0.6 is 0 Å². The van der Waals surface area contributed by atoms with Crippen molar-refractivity contribution in [1.82, 2.24) is 4.98 Å². The van der Waals surface area contributed by atoms with Crippen LogP contribution in [0.1, 0.15) is 22.3 Å². The minimum atomic E-state index is 0.157. The average molecular weight is 278 g/mol. The van der Waals surface area contributed by atoms with Gasteiger partial charge in [-0.15, -0.1) is 0 Å². The summed E-state index contributed by atoms with van der Waals surface area (Å²) in [5.41, 5.74) is 6.07. The largest absolute Gasteiger partial charge is 0.494 e.